The molecule has 1 N–H and O–H groups in total. The molecule has 5 heteroatoms. The number of thiophene rings is 1. The zero-order valence-corrected chi connectivity index (χ0v) is 13.2. The standard InChI is InChI=1S/C17H16N2O2S/c1-11(12-7-8-22-10-12)18-17(21)14-9-16(20)19(2)15-6-4-3-5-13(14)15/h3-11H,1-2H3,(H,18,21)/t11-/m1/s1. The highest BCUT2D eigenvalue weighted by molar-refractivity contribution is 7.07. The Bertz CT molecular complexity index is 881. The molecule has 0 aliphatic carbocycles. The number of aryl methyl sites for hydroxylation is 1. The van der Waals surface area contributed by atoms with Crippen LogP contribution < -0.4 is 10.9 Å². The molecular formula is C17H16N2O2S. The second-order valence-electron chi connectivity index (χ2n) is 5.22. The predicted molar refractivity (Wildman–Crippen MR) is 89.4 cm³/mol. The zero-order chi connectivity index (χ0) is 15.7. The number of para-hydroxylation sites is 1. The number of pyridine rings is 1. The van der Waals surface area contributed by atoms with E-state index in [-0.39, 0.29) is 17.5 Å². The van der Waals surface area contributed by atoms with Crippen molar-refractivity contribution in [3.63, 3.8) is 0 Å². The Morgan fingerprint density at radius 2 is 2.05 bits per heavy atom. The van der Waals surface area contributed by atoms with Gasteiger partial charge in [-0.3, -0.25) is 9.59 Å². The number of aromatic nitrogens is 1. The van der Waals surface area contributed by atoms with Crippen LogP contribution in [0.25, 0.3) is 10.9 Å². The molecule has 2 aromatic heterocycles. The van der Waals surface area contributed by atoms with Gasteiger partial charge in [-0.1, -0.05) is 18.2 Å². The lowest BCUT2D eigenvalue weighted by molar-refractivity contribution is 0.0941. The lowest BCUT2D eigenvalue weighted by Crippen LogP contribution is -2.29. The summed E-state index contributed by atoms with van der Waals surface area (Å²) in [5.74, 6) is -0.229. The number of nitrogens with one attached hydrogen (secondary N) is 1. The average molecular weight is 312 g/mol. The normalized spacial score (nSPS) is 12.3. The highest BCUT2D eigenvalue weighted by Crippen LogP contribution is 2.19. The van der Waals surface area contributed by atoms with Crippen LogP contribution in [0.15, 0.2) is 52.0 Å². The van der Waals surface area contributed by atoms with E-state index in [4.69, 9.17) is 0 Å². The molecule has 3 aromatic rings. The highest BCUT2D eigenvalue weighted by atomic mass is 32.1. The van der Waals surface area contributed by atoms with Gasteiger partial charge in [-0.25, -0.2) is 0 Å². The summed E-state index contributed by atoms with van der Waals surface area (Å²) < 4.78 is 1.55. The Kier molecular flexibility index (Phi) is 3.81. The third-order valence-corrected chi connectivity index (χ3v) is 4.49. The minimum absolute atomic E-state index is 0.0958. The smallest absolute Gasteiger partial charge is 0.252 e. The molecule has 2 heterocycles. The molecule has 0 aliphatic rings. The summed E-state index contributed by atoms with van der Waals surface area (Å²) in [6.07, 6.45) is 0. The van der Waals surface area contributed by atoms with E-state index in [9.17, 15) is 9.59 Å². The Labute approximate surface area is 132 Å². The van der Waals surface area contributed by atoms with Gasteiger partial charge in [0.25, 0.3) is 11.5 Å². The average Bonchev–Trinajstić information content (AvgIpc) is 3.05. The number of amides is 1. The van der Waals surface area contributed by atoms with Crippen molar-refractivity contribution < 1.29 is 4.79 Å². The number of benzene rings is 1. The van der Waals surface area contributed by atoms with Gasteiger partial charge in [-0.05, 0) is 35.4 Å². The number of carbonyl (C=O) groups excluding carboxylic acids is 1. The lowest BCUT2D eigenvalue weighted by Gasteiger charge is -2.14. The third kappa shape index (κ3) is 2.55. The second-order valence-corrected chi connectivity index (χ2v) is 6.00. The molecule has 3 rings (SSSR count). The van der Waals surface area contributed by atoms with E-state index >= 15 is 0 Å². The number of rotatable bonds is 3. The fourth-order valence-corrected chi connectivity index (χ4v) is 3.23. The van der Waals surface area contributed by atoms with E-state index < -0.39 is 0 Å². The molecule has 22 heavy (non-hydrogen) atoms. The Morgan fingerprint density at radius 1 is 1.27 bits per heavy atom. The van der Waals surface area contributed by atoms with E-state index in [0.717, 1.165) is 16.5 Å². The molecule has 1 atom stereocenters. The molecule has 0 aliphatic heterocycles. The van der Waals surface area contributed by atoms with Gasteiger partial charge in [-0.2, -0.15) is 11.3 Å². The van der Waals surface area contributed by atoms with Crippen molar-refractivity contribution in [1.82, 2.24) is 9.88 Å². The quantitative estimate of drug-likeness (QED) is 0.808. The fourth-order valence-electron chi connectivity index (χ4n) is 2.48. The third-order valence-electron chi connectivity index (χ3n) is 3.79. The molecular weight excluding hydrogens is 296 g/mol. The van der Waals surface area contributed by atoms with E-state index in [1.165, 1.54) is 6.07 Å². The lowest BCUT2D eigenvalue weighted by atomic mass is 10.1. The van der Waals surface area contributed by atoms with Crippen molar-refractivity contribution in [3.8, 4) is 0 Å². The van der Waals surface area contributed by atoms with Gasteiger partial charge >= 0.3 is 0 Å². The topological polar surface area (TPSA) is 51.1 Å². The fraction of sp³-hybridized carbons (Fsp3) is 0.176. The molecule has 0 spiro atoms. The first-order valence-corrected chi connectivity index (χ1v) is 7.94. The van der Waals surface area contributed by atoms with Gasteiger partial charge in [0.2, 0.25) is 0 Å². The van der Waals surface area contributed by atoms with Crippen molar-refractivity contribution in [2.45, 2.75) is 13.0 Å². The van der Waals surface area contributed by atoms with Crippen LogP contribution in [0.1, 0.15) is 28.9 Å². The molecule has 0 bridgehead atoms. The number of carbonyl (C=O) groups is 1. The summed E-state index contributed by atoms with van der Waals surface area (Å²) in [5.41, 5.74) is 2.04. The maximum absolute atomic E-state index is 12.6. The summed E-state index contributed by atoms with van der Waals surface area (Å²) in [7, 11) is 1.71. The molecule has 0 saturated heterocycles. The number of nitrogens with zero attached hydrogens (tertiary/aromatic N) is 1. The largest absolute Gasteiger partial charge is 0.345 e. The van der Waals surface area contributed by atoms with Crippen LogP contribution in [-0.4, -0.2) is 10.5 Å². The van der Waals surface area contributed by atoms with Gasteiger partial charge in [0.15, 0.2) is 0 Å². The van der Waals surface area contributed by atoms with Crippen LogP contribution in [0.2, 0.25) is 0 Å². The van der Waals surface area contributed by atoms with E-state index in [2.05, 4.69) is 5.32 Å². The van der Waals surface area contributed by atoms with Crippen molar-refractivity contribution in [2.75, 3.05) is 0 Å². The Morgan fingerprint density at radius 3 is 2.77 bits per heavy atom. The first-order valence-electron chi connectivity index (χ1n) is 6.99. The SMILES string of the molecule is C[C@@H](NC(=O)c1cc(=O)n(C)c2ccccc12)c1ccsc1. The molecule has 0 fully saturated rings. The second kappa shape index (κ2) is 5.77. The maximum Gasteiger partial charge on any atom is 0.252 e. The van der Waals surface area contributed by atoms with E-state index in [1.54, 1.807) is 23.0 Å². The number of hydrogen-bond donors (Lipinski definition) is 1. The minimum atomic E-state index is -0.229. The van der Waals surface area contributed by atoms with Crippen LogP contribution in [0.5, 0.6) is 0 Å². The molecule has 112 valence electrons. The van der Waals surface area contributed by atoms with Crippen LogP contribution >= 0.6 is 11.3 Å². The van der Waals surface area contributed by atoms with E-state index in [1.807, 2.05) is 48.0 Å². The summed E-state index contributed by atoms with van der Waals surface area (Å²) in [5, 5.41) is 7.72. The van der Waals surface area contributed by atoms with Gasteiger partial charge in [-0.15, -0.1) is 0 Å². The summed E-state index contributed by atoms with van der Waals surface area (Å²) in [4.78, 5) is 24.6. The first kappa shape index (κ1) is 14.5. The van der Waals surface area contributed by atoms with Crippen LogP contribution in [0, 0.1) is 0 Å². The van der Waals surface area contributed by atoms with Crippen molar-refractivity contribution in [1.29, 1.82) is 0 Å². The predicted octanol–water partition coefficient (Wildman–Crippen LogP) is 3.09. The summed E-state index contributed by atoms with van der Waals surface area (Å²) in [6, 6.07) is 10.7. The zero-order valence-electron chi connectivity index (χ0n) is 12.4. The molecule has 0 saturated carbocycles. The minimum Gasteiger partial charge on any atom is -0.345 e. The van der Waals surface area contributed by atoms with Gasteiger partial charge in [0, 0.05) is 18.5 Å². The molecule has 4 nitrogen and oxygen atoms in total. The Hall–Kier alpha value is -2.40. The van der Waals surface area contributed by atoms with Gasteiger partial charge < -0.3 is 9.88 Å². The highest BCUT2D eigenvalue weighted by Gasteiger charge is 2.16. The van der Waals surface area contributed by atoms with Gasteiger partial charge in [0.1, 0.15) is 0 Å². The number of hydrogen-bond acceptors (Lipinski definition) is 3. The van der Waals surface area contributed by atoms with Crippen molar-refractivity contribution >= 4 is 28.1 Å². The molecule has 0 radical (unpaired) electrons. The first-order chi connectivity index (χ1) is 10.6. The maximum atomic E-state index is 12.6. The summed E-state index contributed by atoms with van der Waals surface area (Å²) in [6.45, 7) is 1.93. The number of fused-ring (bicyclic) bond motifs is 1. The van der Waals surface area contributed by atoms with Crippen LogP contribution in [0.4, 0.5) is 0 Å². The summed E-state index contributed by atoms with van der Waals surface area (Å²) >= 11 is 1.59. The van der Waals surface area contributed by atoms with Crippen LogP contribution in [-0.2, 0) is 7.05 Å². The monoisotopic (exact) mass is 312 g/mol. The van der Waals surface area contributed by atoms with Crippen molar-refractivity contribution in [2.24, 2.45) is 7.05 Å². The van der Waals surface area contributed by atoms with Gasteiger partial charge in [0.05, 0.1) is 17.1 Å². The molecule has 1 amide bonds. The van der Waals surface area contributed by atoms with Crippen LogP contribution in [0.3, 0.4) is 0 Å². The Balaban J connectivity index is 2.01. The molecule has 0 unspecified atom stereocenters. The molecule has 1 aromatic carbocycles. The van der Waals surface area contributed by atoms with E-state index in [0.29, 0.717) is 5.56 Å². The van der Waals surface area contributed by atoms with Crippen molar-refractivity contribution in [3.05, 3.63) is 68.6 Å².